The number of rotatable bonds is 5. The third-order valence-corrected chi connectivity index (χ3v) is 2.01. The molecule has 1 rings (SSSR count). The number of allylic oxidation sites excluding steroid dienone is 4. The van der Waals surface area contributed by atoms with Crippen molar-refractivity contribution in [3.05, 3.63) is 35.8 Å². The van der Waals surface area contributed by atoms with Crippen LogP contribution in [0.2, 0.25) is 0 Å². The molecule has 0 aliphatic heterocycles. The number of aliphatic hydroxyl groups is 1. The van der Waals surface area contributed by atoms with Gasteiger partial charge in [0.05, 0.1) is 12.4 Å². The standard InChI is InChI=1S/C11H13F3O3/c1-8(6-15)7-16-9-2-4-10(5-3-9)17-11(12,13)14/h2,4,15H,1,3,5-7H2. The van der Waals surface area contributed by atoms with Gasteiger partial charge in [-0.05, 0) is 17.7 Å². The van der Waals surface area contributed by atoms with Crippen molar-refractivity contribution in [3.63, 3.8) is 0 Å². The first-order chi connectivity index (χ1) is 7.90. The summed E-state index contributed by atoms with van der Waals surface area (Å²) in [5.41, 5.74) is 0.507. The molecule has 96 valence electrons. The molecule has 0 bridgehead atoms. The Morgan fingerprint density at radius 3 is 2.35 bits per heavy atom. The van der Waals surface area contributed by atoms with Crippen LogP contribution in [0.25, 0.3) is 0 Å². The molecule has 0 unspecified atom stereocenters. The maximum absolute atomic E-state index is 11.9. The molecule has 0 saturated heterocycles. The van der Waals surface area contributed by atoms with Crippen molar-refractivity contribution in [2.45, 2.75) is 19.2 Å². The fraction of sp³-hybridized carbons (Fsp3) is 0.455. The van der Waals surface area contributed by atoms with E-state index in [0.717, 1.165) is 0 Å². The Morgan fingerprint density at radius 1 is 1.29 bits per heavy atom. The van der Waals surface area contributed by atoms with Gasteiger partial charge < -0.3 is 14.6 Å². The van der Waals surface area contributed by atoms with Gasteiger partial charge in [0.25, 0.3) is 0 Å². The summed E-state index contributed by atoms with van der Waals surface area (Å²) in [5.74, 6) is 0.417. The van der Waals surface area contributed by atoms with Crippen LogP contribution in [0.5, 0.6) is 0 Å². The van der Waals surface area contributed by atoms with E-state index in [2.05, 4.69) is 11.3 Å². The van der Waals surface area contributed by atoms with Crippen molar-refractivity contribution < 1.29 is 27.8 Å². The lowest BCUT2D eigenvalue weighted by molar-refractivity contribution is -0.306. The molecule has 0 fully saturated rings. The van der Waals surface area contributed by atoms with Crippen LogP contribution in [0.1, 0.15) is 12.8 Å². The number of hydrogen-bond donors (Lipinski definition) is 1. The Labute approximate surface area is 96.8 Å². The summed E-state index contributed by atoms with van der Waals surface area (Å²) < 4.78 is 44.7. The Bertz CT molecular complexity index is 342. The summed E-state index contributed by atoms with van der Waals surface area (Å²) in [6.07, 6.45) is -1.52. The largest absolute Gasteiger partial charge is 0.572 e. The first-order valence-corrected chi connectivity index (χ1v) is 4.96. The molecule has 3 nitrogen and oxygen atoms in total. The Kier molecular flexibility index (Phi) is 4.62. The minimum Gasteiger partial charge on any atom is -0.494 e. The lowest BCUT2D eigenvalue weighted by Crippen LogP contribution is -2.14. The molecule has 0 aromatic carbocycles. The smallest absolute Gasteiger partial charge is 0.494 e. The summed E-state index contributed by atoms with van der Waals surface area (Å²) in [4.78, 5) is 0. The lowest BCUT2D eigenvalue weighted by atomic mass is 10.1. The molecule has 0 radical (unpaired) electrons. The van der Waals surface area contributed by atoms with Crippen LogP contribution >= 0.6 is 0 Å². The van der Waals surface area contributed by atoms with E-state index in [9.17, 15) is 13.2 Å². The number of ether oxygens (including phenoxy) is 2. The van der Waals surface area contributed by atoms with Crippen molar-refractivity contribution >= 4 is 0 Å². The van der Waals surface area contributed by atoms with Crippen LogP contribution in [0, 0.1) is 0 Å². The molecular weight excluding hydrogens is 237 g/mol. The zero-order valence-corrected chi connectivity index (χ0v) is 9.09. The van der Waals surface area contributed by atoms with Gasteiger partial charge in [-0.25, -0.2) is 0 Å². The molecular formula is C11H13F3O3. The highest BCUT2D eigenvalue weighted by atomic mass is 19.4. The number of hydrogen-bond acceptors (Lipinski definition) is 3. The second-order valence-electron chi connectivity index (χ2n) is 3.51. The minimum atomic E-state index is -4.65. The van der Waals surface area contributed by atoms with Crippen molar-refractivity contribution in [1.29, 1.82) is 0 Å². The van der Waals surface area contributed by atoms with E-state index < -0.39 is 6.36 Å². The Morgan fingerprint density at radius 2 is 1.88 bits per heavy atom. The maximum atomic E-state index is 11.9. The van der Waals surface area contributed by atoms with Gasteiger partial charge in [0.15, 0.2) is 0 Å². The molecule has 0 amide bonds. The number of halogens is 3. The van der Waals surface area contributed by atoms with Crippen LogP contribution in [-0.2, 0) is 9.47 Å². The third kappa shape index (κ3) is 5.44. The van der Waals surface area contributed by atoms with Gasteiger partial charge in [0.2, 0.25) is 0 Å². The molecule has 1 aliphatic rings. The third-order valence-electron chi connectivity index (χ3n) is 2.01. The first kappa shape index (κ1) is 13.6. The van der Waals surface area contributed by atoms with E-state index in [1.807, 2.05) is 0 Å². The molecule has 0 aromatic heterocycles. The maximum Gasteiger partial charge on any atom is 0.572 e. The topological polar surface area (TPSA) is 38.7 Å². The predicted octanol–water partition coefficient (Wildman–Crippen LogP) is 2.65. The molecule has 0 spiro atoms. The van der Waals surface area contributed by atoms with Crippen LogP contribution in [-0.4, -0.2) is 24.7 Å². The second kappa shape index (κ2) is 5.77. The van der Waals surface area contributed by atoms with Gasteiger partial charge in [-0.2, -0.15) is 0 Å². The predicted molar refractivity (Wildman–Crippen MR) is 54.7 cm³/mol. The van der Waals surface area contributed by atoms with Gasteiger partial charge in [0, 0.05) is 12.8 Å². The summed E-state index contributed by atoms with van der Waals surface area (Å²) in [6.45, 7) is 3.51. The zero-order valence-electron chi connectivity index (χ0n) is 9.09. The normalized spacial score (nSPS) is 16.0. The minimum absolute atomic E-state index is 0.133. The molecule has 0 heterocycles. The molecule has 1 aliphatic carbocycles. The molecule has 0 atom stereocenters. The highest BCUT2D eigenvalue weighted by Crippen LogP contribution is 2.27. The average molecular weight is 250 g/mol. The molecule has 17 heavy (non-hydrogen) atoms. The summed E-state index contributed by atoms with van der Waals surface area (Å²) in [6, 6.07) is 0. The van der Waals surface area contributed by atoms with Crippen LogP contribution < -0.4 is 0 Å². The van der Waals surface area contributed by atoms with Gasteiger partial charge in [-0.15, -0.1) is 13.2 Å². The van der Waals surface area contributed by atoms with Crippen molar-refractivity contribution in [1.82, 2.24) is 0 Å². The van der Waals surface area contributed by atoms with Gasteiger partial charge in [-0.1, -0.05) is 6.58 Å². The first-order valence-electron chi connectivity index (χ1n) is 4.96. The highest BCUT2D eigenvalue weighted by Gasteiger charge is 2.32. The second-order valence-corrected chi connectivity index (χ2v) is 3.51. The fourth-order valence-corrected chi connectivity index (χ4v) is 1.19. The van der Waals surface area contributed by atoms with Crippen molar-refractivity contribution in [3.8, 4) is 0 Å². The van der Waals surface area contributed by atoms with E-state index in [1.165, 1.54) is 12.2 Å². The monoisotopic (exact) mass is 250 g/mol. The van der Waals surface area contributed by atoms with Crippen molar-refractivity contribution in [2.75, 3.05) is 13.2 Å². The van der Waals surface area contributed by atoms with Crippen LogP contribution in [0.3, 0.4) is 0 Å². The van der Waals surface area contributed by atoms with Gasteiger partial charge in [-0.3, -0.25) is 0 Å². The van der Waals surface area contributed by atoms with Crippen LogP contribution in [0.15, 0.2) is 35.8 Å². The summed E-state index contributed by atoms with van der Waals surface area (Å²) >= 11 is 0. The summed E-state index contributed by atoms with van der Waals surface area (Å²) in [7, 11) is 0. The van der Waals surface area contributed by atoms with E-state index in [1.54, 1.807) is 0 Å². The quantitative estimate of drug-likeness (QED) is 0.762. The number of aliphatic hydroxyl groups excluding tert-OH is 1. The van der Waals surface area contributed by atoms with Crippen molar-refractivity contribution in [2.24, 2.45) is 0 Å². The lowest BCUT2D eigenvalue weighted by Gasteiger charge is -2.17. The fourth-order valence-electron chi connectivity index (χ4n) is 1.19. The molecule has 0 saturated carbocycles. The highest BCUT2D eigenvalue weighted by molar-refractivity contribution is 5.18. The van der Waals surface area contributed by atoms with Gasteiger partial charge >= 0.3 is 6.36 Å². The van der Waals surface area contributed by atoms with E-state index >= 15 is 0 Å². The molecule has 6 heteroatoms. The average Bonchev–Trinajstić information content (AvgIpc) is 2.25. The van der Waals surface area contributed by atoms with Crippen LogP contribution in [0.4, 0.5) is 13.2 Å². The Balaban J connectivity index is 2.44. The molecule has 0 aromatic rings. The molecule has 1 N–H and O–H groups in total. The van der Waals surface area contributed by atoms with Gasteiger partial charge in [0.1, 0.15) is 12.4 Å². The van der Waals surface area contributed by atoms with E-state index in [-0.39, 0.29) is 25.4 Å². The van der Waals surface area contributed by atoms with E-state index in [4.69, 9.17) is 9.84 Å². The Hall–Kier alpha value is -1.43. The number of alkyl halides is 3. The summed E-state index contributed by atoms with van der Waals surface area (Å²) in [5, 5.41) is 8.68. The SMILES string of the molecule is C=C(CO)COC1=CC=C(OC(F)(F)F)CC1. The van der Waals surface area contributed by atoms with E-state index in [0.29, 0.717) is 17.8 Å². The zero-order chi connectivity index (χ0) is 12.9.